The van der Waals surface area contributed by atoms with Crippen LogP contribution in [-0.2, 0) is 19.1 Å². The van der Waals surface area contributed by atoms with E-state index in [1.54, 1.807) is 24.3 Å². The third kappa shape index (κ3) is 2.05. The number of rotatable bonds is 3. The van der Waals surface area contributed by atoms with Crippen molar-refractivity contribution < 1.29 is 23.9 Å². The third-order valence-electron chi connectivity index (χ3n) is 5.80. The van der Waals surface area contributed by atoms with E-state index in [2.05, 4.69) is 5.32 Å². The lowest BCUT2D eigenvalue weighted by atomic mass is 9.66. The summed E-state index contributed by atoms with van der Waals surface area (Å²) in [6, 6.07) is 6.48. The summed E-state index contributed by atoms with van der Waals surface area (Å²) < 4.78 is 11.0. The smallest absolute Gasteiger partial charge is 0.356 e. The zero-order valence-electron chi connectivity index (χ0n) is 14.3. The van der Waals surface area contributed by atoms with Crippen molar-refractivity contribution in [3.8, 4) is 5.75 Å². The van der Waals surface area contributed by atoms with Gasteiger partial charge in [-0.3, -0.25) is 9.59 Å². The van der Waals surface area contributed by atoms with Crippen LogP contribution in [0.5, 0.6) is 5.75 Å². The maximum Gasteiger partial charge on any atom is 0.356 e. The van der Waals surface area contributed by atoms with Gasteiger partial charge < -0.3 is 14.8 Å². The standard InChI is InChI=1S/C18H21NO5/c1-11(20)19-12-5-7-13(8-6-12)23-15(22)18-10-9-17(4,14(21)24-18)16(18,2)3/h5-8H,9-10H2,1-4H3,(H,19,20). The van der Waals surface area contributed by atoms with Crippen LogP contribution in [0, 0.1) is 10.8 Å². The summed E-state index contributed by atoms with van der Waals surface area (Å²) in [5, 5.41) is 2.64. The molecule has 1 saturated heterocycles. The van der Waals surface area contributed by atoms with Gasteiger partial charge in [0.15, 0.2) is 0 Å². The van der Waals surface area contributed by atoms with E-state index in [0.29, 0.717) is 24.3 Å². The van der Waals surface area contributed by atoms with E-state index >= 15 is 0 Å². The Hall–Kier alpha value is -2.37. The van der Waals surface area contributed by atoms with Crippen LogP contribution in [0.25, 0.3) is 0 Å². The van der Waals surface area contributed by atoms with Crippen LogP contribution in [0.2, 0.25) is 0 Å². The highest BCUT2D eigenvalue weighted by molar-refractivity contribution is 5.94. The minimum absolute atomic E-state index is 0.177. The Kier molecular flexibility index (Phi) is 3.48. The Bertz CT molecular complexity index is 723. The lowest BCUT2D eigenvalue weighted by molar-refractivity contribution is -0.176. The van der Waals surface area contributed by atoms with E-state index in [1.165, 1.54) is 6.92 Å². The first-order chi connectivity index (χ1) is 11.1. The highest BCUT2D eigenvalue weighted by atomic mass is 16.6. The molecule has 1 amide bonds. The summed E-state index contributed by atoms with van der Waals surface area (Å²) in [7, 11) is 0. The molecule has 1 saturated carbocycles. The molecule has 2 unspecified atom stereocenters. The van der Waals surface area contributed by atoms with Crippen LogP contribution < -0.4 is 10.1 Å². The number of hydrogen-bond donors (Lipinski definition) is 1. The number of nitrogens with one attached hydrogen (secondary N) is 1. The van der Waals surface area contributed by atoms with Crippen molar-refractivity contribution in [3.05, 3.63) is 24.3 Å². The number of anilines is 1. The number of ether oxygens (including phenoxy) is 2. The van der Waals surface area contributed by atoms with E-state index in [-0.39, 0.29) is 11.9 Å². The Morgan fingerprint density at radius 3 is 2.21 bits per heavy atom. The SMILES string of the molecule is CC(=O)Nc1ccc(OC(=O)C23CCC(C)(C(=O)O2)C3(C)C)cc1. The number of amides is 1. The van der Waals surface area contributed by atoms with E-state index in [0.717, 1.165) is 0 Å². The maximum absolute atomic E-state index is 12.8. The molecule has 0 aromatic heterocycles. The van der Waals surface area contributed by atoms with Crippen LogP contribution in [0.4, 0.5) is 5.69 Å². The van der Waals surface area contributed by atoms with Crippen molar-refractivity contribution in [1.82, 2.24) is 0 Å². The lowest BCUT2D eigenvalue weighted by Crippen LogP contribution is -2.50. The Labute approximate surface area is 140 Å². The Balaban J connectivity index is 1.81. The maximum atomic E-state index is 12.8. The predicted octanol–water partition coefficient (Wildman–Crippen LogP) is 2.67. The fourth-order valence-corrected chi connectivity index (χ4v) is 3.70. The van der Waals surface area contributed by atoms with Crippen LogP contribution >= 0.6 is 0 Å². The molecular formula is C18H21NO5. The van der Waals surface area contributed by atoms with Crippen molar-refractivity contribution in [2.24, 2.45) is 10.8 Å². The predicted molar refractivity (Wildman–Crippen MR) is 86.3 cm³/mol. The van der Waals surface area contributed by atoms with Gasteiger partial charge in [0, 0.05) is 18.0 Å². The molecule has 0 radical (unpaired) electrons. The van der Waals surface area contributed by atoms with E-state index in [1.807, 2.05) is 20.8 Å². The third-order valence-corrected chi connectivity index (χ3v) is 5.80. The molecule has 2 bridgehead atoms. The van der Waals surface area contributed by atoms with Crippen molar-refractivity contribution in [2.75, 3.05) is 5.32 Å². The van der Waals surface area contributed by atoms with E-state index in [9.17, 15) is 14.4 Å². The quantitative estimate of drug-likeness (QED) is 0.680. The average Bonchev–Trinajstić information content (AvgIpc) is 2.79. The van der Waals surface area contributed by atoms with Gasteiger partial charge in [-0.25, -0.2) is 4.79 Å². The van der Waals surface area contributed by atoms with Crippen molar-refractivity contribution in [3.63, 3.8) is 0 Å². The second-order valence-corrected chi connectivity index (χ2v) is 7.27. The lowest BCUT2D eigenvalue weighted by Gasteiger charge is -2.34. The van der Waals surface area contributed by atoms with Crippen LogP contribution in [0.3, 0.4) is 0 Å². The average molecular weight is 331 g/mol. The van der Waals surface area contributed by atoms with Gasteiger partial charge in [0.1, 0.15) is 5.75 Å². The summed E-state index contributed by atoms with van der Waals surface area (Å²) in [5.74, 6) is -0.717. The second-order valence-electron chi connectivity index (χ2n) is 7.27. The van der Waals surface area contributed by atoms with Gasteiger partial charge in [-0.15, -0.1) is 0 Å². The van der Waals surface area contributed by atoms with Crippen LogP contribution in [0.15, 0.2) is 24.3 Å². The first-order valence-electron chi connectivity index (χ1n) is 7.96. The van der Waals surface area contributed by atoms with Crippen LogP contribution in [-0.4, -0.2) is 23.4 Å². The number of carbonyl (C=O) groups is 3. The van der Waals surface area contributed by atoms with Gasteiger partial charge in [-0.2, -0.15) is 0 Å². The molecule has 24 heavy (non-hydrogen) atoms. The van der Waals surface area contributed by atoms with Crippen molar-refractivity contribution in [2.45, 2.75) is 46.1 Å². The minimum atomic E-state index is -1.24. The summed E-state index contributed by atoms with van der Waals surface area (Å²) in [6.45, 7) is 7.03. The first kappa shape index (κ1) is 16.5. The zero-order valence-corrected chi connectivity index (χ0v) is 14.3. The molecular weight excluding hydrogens is 310 g/mol. The van der Waals surface area contributed by atoms with Gasteiger partial charge in [0.05, 0.1) is 5.41 Å². The number of esters is 2. The molecule has 1 aliphatic heterocycles. The molecule has 2 fully saturated rings. The highest BCUT2D eigenvalue weighted by Crippen LogP contribution is 2.65. The highest BCUT2D eigenvalue weighted by Gasteiger charge is 2.76. The molecule has 1 aliphatic carbocycles. The van der Waals surface area contributed by atoms with E-state index < -0.39 is 22.4 Å². The van der Waals surface area contributed by atoms with Gasteiger partial charge in [-0.05, 0) is 44.0 Å². The molecule has 1 aromatic rings. The molecule has 128 valence electrons. The molecule has 1 aromatic carbocycles. The molecule has 1 heterocycles. The molecule has 6 heteroatoms. The van der Waals surface area contributed by atoms with Crippen LogP contribution in [0.1, 0.15) is 40.5 Å². The van der Waals surface area contributed by atoms with Gasteiger partial charge in [0.25, 0.3) is 0 Å². The Morgan fingerprint density at radius 2 is 1.75 bits per heavy atom. The molecule has 2 atom stereocenters. The first-order valence-corrected chi connectivity index (χ1v) is 7.96. The normalized spacial score (nSPS) is 29.9. The molecule has 0 spiro atoms. The number of fused-ring (bicyclic) bond motifs is 2. The summed E-state index contributed by atoms with van der Waals surface area (Å²) in [4.78, 5) is 36.0. The molecule has 3 rings (SSSR count). The van der Waals surface area contributed by atoms with Gasteiger partial charge >= 0.3 is 11.9 Å². The minimum Gasteiger partial charge on any atom is -0.446 e. The van der Waals surface area contributed by atoms with Crippen molar-refractivity contribution in [1.29, 1.82) is 0 Å². The molecule has 1 N–H and O–H groups in total. The number of hydrogen-bond acceptors (Lipinski definition) is 5. The fourth-order valence-electron chi connectivity index (χ4n) is 3.70. The number of benzene rings is 1. The second kappa shape index (κ2) is 5.06. The Morgan fingerprint density at radius 1 is 1.12 bits per heavy atom. The summed E-state index contributed by atoms with van der Waals surface area (Å²) >= 11 is 0. The largest absolute Gasteiger partial charge is 0.446 e. The fraction of sp³-hybridized carbons (Fsp3) is 0.500. The summed E-state index contributed by atoms with van der Waals surface area (Å²) in [6.07, 6.45) is 1.07. The molecule has 6 nitrogen and oxygen atoms in total. The van der Waals surface area contributed by atoms with Gasteiger partial charge in [0.2, 0.25) is 11.5 Å². The number of carbonyl (C=O) groups excluding carboxylic acids is 3. The van der Waals surface area contributed by atoms with Crippen molar-refractivity contribution >= 4 is 23.5 Å². The topological polar surface area (TPSA) is 81.7 Å². The summed E-state index contributed by atoms with van der Waals surface area (Å²) in [5.41, 5.74) is -1.93. The van der Waals surface area contributed by atoms with Gasteiger partial charge in [-0.1, -0.05) is 13.8 Å². The monoisotopic (exact) mass is 331 g/mol. The molecule has 2 aliphatic rings. The zero-order chi connectivity index (χ0) is 17.8. The van der Waals surface area contributed by atoms with E-state index in [4.69, 9.17) is 9.47 Å².